The van der Waals surface area contributed by atoms with Crippen molar-refractivity contribution in [1.29, 1.82) is 0 Å². The number of amides is 2. The van der Waals surface area contributed by atoms with Crippen LogP contribution in [0.5, 0.6) is 5.75 Å². The maximum atomic E-state index is 12.1. The summed E-state index contributed by atoms with van der Waals surface area (Å²) in [4.78, 5) is 14.6. The maximum absolute atomic E-state index is 12.1. The number of anilines is 1. The van der Waals surface area contributed by atoms with Crippen LogP contribution in [0.4, 0.5) is 10.5 Å². The van der Waals surface area contributed by atoms with Gasteiger partial charge in [0, 0.05) is 30.4 Å². The summed E-state index contributed by atoms with van der Waals surface area (Å²) in [6, 6.07) is 9.32. The average molecular weight is 371 g/mol. The van der Waals surface area contributed by atoms with Crippen molar-refractivity contribution in [3.8, 4) is 5.75 Å². The molecule has 0 spiro atoms. The number of piperidine rings is 1. The predicted molar refractivity (Wildman–Crippen MR) is 106 cm³/mol. The molecule has 0 bridgehead atoms. The molecule has 27 heavy (non-hydrogen) atoms. The number of ether oxygens (including phenoxy) is 1. The third kappa shape index (κ3) is 5.50. The molecular formula is C21H29N3O3. The van der Waals surface area contributed by atoms with Gasteiger partial charge in [-0.25, -0.2) is 4.79 Å². The third-order valence-electron chi connectivity index (χ3n) is 5.12. The smallest absolute Gasteiger partial charge is 0.319 e. The molecule has 6 heteroatoms. The fourth-order valence-electron chi connectivity index (χ4n) is 3.54. The highest BCUT2D eigenvalue weighted by Gasteiger charge is 2.21. The summed E-state index contributed by atoms with van der Waals surface area (Å²) in [6.45, 7) is 7.76. The van der Waals surface area contributed by atoms with Crippen molar-refractivity contribution < 1.29 is 13.9 Å². The summed E-state index contributed by atoms with van der Waals surface area (Å²) < 4.78 is 10.8. The van der Waals surface area contributed by atoms with Crippen molar-refractivity contribution in [2.45, 2.75) is 33.2 Å². The normalized spacial score (nSPS) is 15.5. The molecule has 1 aromatic heterocycles. The molecule has 2 amide bonds. The first-order valence-corrected chi connectivity index (χ1v) is 9.50. The zero-order valence-corrected chi connectivity index (χ0v) is 16.4. The summed E-state index contributed by atoms with van der Waals surface area (Å²) in [7, 11) is 1.61. The minimum atomic E-state index is -0.171. The van der Waals surface area contributed by atoms with Crippen LogP contribution in [0.2, 0.25) is 0 Å². The number of rotatable bonds is 6. The quantitative estimate of drug-likeness (QED) is 0.807. The summed E-state index contributed by atoms with van der Waals surface area (Å²) in [6.07, 6.45) is 2.19. The Morgan fingerprint density at radius 2 is 2.04 bits per heavy atom. The van der Waals surface area contributed by atoms with Gasteiger partial charge in [0.1, 0.15) is 17.3 Å². The van der Waals surface area contributed by atoms with Gasteiger partial charge in [0.2, 0.25) is 0 Å². The van der Waals surface area contributed by atoms with Gasteiger partial charge in [-0.1, -0.05) is 6.07 Å². The molecule has 1 aliphatic heterocycles. The average Bonchev–Trinajstić information content (AvgIpc) is 2.98. The van der Waals surface area contributed by atoms with Gasteiger partial charge in [-0.2, -0.15) is 0 Å². The fourth-order valence-corrected chi connectivity index (χ4v) is 3.54. The number of nitrogens with zero attached hydrogens (tertiary/aromatic N) is 1. The number of urea groups is 1. The number of furan rings is 1. The van der Waals surface area contributed by atoms with Crippen LogP contribution >= 0.6 is 0 Å². The molecule has 3 rings (SSSR count). The summed E-state index contributed by atoms with van der Waals surface area (Å²) in [5.74, 6) is 3.24. The molecule has 1 aromatic carbocycles. The number of carbonyl (C=O) groups excluding carboxylic acids is 1. The molecule has 2 N–H and O–H groups in total. The van der Waals surface area contributed by atoms with Crippen molar-refractivity contribution in [3.63, 3.8) is 0 Å². The van der Waals surface area contributed by atoms with Crippen LogP contribution < -0.4 is 15.4 Å². The number of methoxy groups -OCH3 is 1. The van der Waals surface area contributed by atoms with E-state index >= 15 is 0 Å². The number of benzene rings is 1. The van der Waals surface area contributed by atoms with Gasteiger partial charge in [0.25, 0.3) is 0 Å². The van der Waals surface area contributed by atoms with E-state index in [1.807, 2.05) is 32.0 Å². The fraction of sp³-hybridized carbons (Fsp3) is 0.476. The Labute approximate surface area is 160 Å². The zero-order chi connectivity index (χ0) is 19.2. The van der Waals surface area contributed by atoms with Crippen molar-refractivity contribution in [2.75, 3.05) is 32.1 Å². The van der Waals surface area contributed by atoms with Gasteiger partial charge in [0.15, 0.2) is 0 Å². The summed E-state index contributed by atoms with van der Waals surface area (Å²) in [5.41, 5.74) is 2.01. The molecular weight excluding hydrogens is 342 g/mol. The maximum Gasteiger partial charge on any atom is 0.319 e. The van der Waals surface area contributed by atoms with E-state index in [-0.39, 0.29) is 6.03 Å². The number of hydrogen-bond acceptors (Lipinski definition) is 4. The standard InChI is InChI=1S/C21H29N3O3/c1-15-11-18(16(2)27-15)14-24-9-7-17(8-10-24)13-22-21(25)23-19-5-4-6-20(12-19)26-3/h4-6,11-12,17H,7-10,13-14H2,1-3H3,(H2,22,23,25). The lowest BCUT2D eigenvalue weighted by Gasteiger charge is -2.31. The van der Waals surface area contributed by atoms with Crippen molar-refractivity contribution in [2.24, 2.45) is 5.92 Å². The zero-order valence-electron chi connectivity index (χ0n) is 16.4. The van der Waals surface area contributed by atoms with E-state index in [4.69, 9.17) is 9.15 Å². The first kappa shape index (κ1) is 19.3. The van der Waals surface area contributed by atoms with Crippen LogP contribution in [-0.4, -0.2) is 37.7 Å². The van der Waals surface area contributed by atoms with Gasteiger partial charge in [-0.05, 0) is 63.9 Å². The van der Waals surface area contributed by atoms with Gasteiger partial charge >= 0.3 is 6.03 Å². The van der Waals surface area contributed by atoms with Crippen molar-refractivity contribution in [3.05, 3.63) is 47.4 Å². The Hall–Kier alpha value is -2.47. The highest BCUT2D eigenvalue weighted by atomic mass is 16.5. The first-order valence-electron chi connectivity index (χ1n) is 9.50. The molecule has 0 radical (unpaired) electrons. The van der Waals surface area contributed by atoms with Crippen LogP contribution in [0.25, 0.3) is 0 Å². The Bertz CT molecular complexity index is 764. The van der Waals surface area contributed by atoms with Crippen LogP contribution in [0, 0.1) is 19.8 Å². The molecule has 2 aromatic rings. The summed E-state index contributed by atoms with van der Waals surface area (Å²) in [5, 5.41) is 5.85. The molecule has 2 heterocycles. The minimum Gasteiger partial charge on any atom is -0.497 e. The van der Waals surface area contributed by atoms with E-state index in [2.05, 4.69) is 21.6 Å². The van der Waals surface area contributed by atoms with E-state index in [0.717, 1.165) is 55.4 Å². The van der Waals surface area contributed by atoms with Gasteiger partial charge < -0.3 is 19.8 Å². The first-order chi connectivity index (χ1) is 13.0. The summed E-state index contributed by atoms with van der Waals surface area (Å²) >= 11 is 0. The molecule has 146 valence electrons. The van der Waals surface area contributed by atoms with Crippen LogP contribution in [0.1, 0.15) is 29.9 Å². The number of likely N-dealkylation sites (tertiary alicyclic amines) is 1. The molecule has 0 atom stereocenters. The molecule has 0 unspecified atom stereocenters. The number of carbonyl (C=O) groups is 1. The Morgan fingerprint density at radius 1 is 1.26 bits per heavy atom. The second-order valence-electron chi connectivity index (χ2n) is 7.22. The lowest BCUT2D eigenvalue weighted by molar-refractivity contribution is 0.175. The SMILES string of the molecule is COc1cccc(NC(=O)NCC2CCN(Cc3cc(C)oc3C)CC2)c1. The number of aryl methyl sites for hydroxylation is 2. The second kappa shape index (κ2) is 8.95. The van der Waals surface area contributed by atoms with Crippen molar-refractivity contribution >= 4 is 11.7 Å². The van der Waals surface area contributed by atoms with Gasteiger partial charge in [-0.15, -0.1) is 0 Å². The third-order valence-corrected chi connectivity index (χ3v) is 5.12. The second-order valence-corrected chi connectivity index (χ2v) is 7.22. The van der Waals surface area contributed by atoms with Crippen LogP contribution in [0.3, 0.4) is 0 Å². The number of hydrogen-bond donors (Lipinski definition) is 2. The van der Waals surface area contributed by atoms with E-state index in [1.165, 1.54) is 5.56 Å². The van der Waals surface area contributed by atoms with Crippen LogP contribution in [0.15, 0.2) is 34.7 Å². The molecule has 0 saturated carbocycles. The Morgan fingerprint density at radius 3 is 2.70 bits per heavy atom. The van der Waals surface area contributed by atoms with E-state index in [9.17, 15) is 4.79 Å². The highest BCUT2D eigenvalue weighted by Crippen LogP contribution is 2.21. The van der Waals surface area contributed by atoms with E-state index in [0.29, 0.717) is 12.5 Å². The molecule has 1 aliphatic rings. The van der Waals surface area contributed by atoms with Crippen molar-refractivity contribution in [1.82, 2.24) is 10.2 Å². The lowest BCUT2D eigenvalue weighted by atomic mass is 9.96. The van der Waals surface area contributed by atoms with E-state index in [1.54, 1.807) is 13.2 Å². The molecule has 1 fully saturated rings. The monoisotopic (exact) mass is 371 g/mol. The largest absolute Gasteiger partial charge is 0.497 e. The van der Waals surface area contributed by atoms with E-state index < -0.39 is 0 Å². The molecule has 6 nitrogen and oxygen atoms in total. The highest BCUT2D eigenvalue weighted by molar-refractivity contribution is 5.89. The van der Waals surface area contributed by atoms with Gasteiger partial charge in [0.05, 0.1) is 7.11 Å². The van der Waals surface area contributed by atoms with Gasteiger partial charge in [-0.3, -0.25) is 4.90 Å². The Kier molecular flexibility index (Phi) is 6.40. The molecule has 0 aliphatic carbocycles. The minimum absolute atomic E-state index is 0.171. The topological polar surface area (TPSA) is 66.7 Å². The number of nitrogens with one attached hydrogen (secondary N) is 2. The predicted octanol–water partition coefficient (Wildman–Crippen LogP) is 3.94. The van der Waals surface area contributed by atoms with Crippen LogP contribution in [-0.2, 0) is 6.54 Å². The molecule has 1 saturated heterocycles. The lowest BCUT2D eigenvalue weighted by Crippen LogP contribution is -2.39. The Balaban J connectivity index is 1.39.